The molecule has 0 saturated carbocycles. The van der Waals surface area contributed by atoms with Crippen LogP contribution in [0.15, 0.2) is 57.0 Å². The van der Waals surface area contributed by atoms with Crippen molar-refractivity contribution >= 4 is 34.3 Å². The Labute approximate surface area is 202 Å². The van der Waals surface area contributed by atoms with Crippen LogP contribution < -0.4 is 4.74 Å². The number of ether oxygens (including phenoxy) is 3. The van der Waals surface area contributed by atoms with Gasteiger partial charge in [0.15, 0.2) is 0 Å². The molecule has 0 fully saturated rings. The van der Waals surface area contributed by atoms with Gasteiger partial charge in [0.05, 0.1) is 26.0 Å². The van der Waals surface area contributed by atoms with E-state index in [-0.39, 0.29) is 0 Å². The summed E-state index contributed by atoms with van der Waals surface area (Å²) in [6, 6.07) is 13.1. The Morgan fingerprint density at radius 2 is 1.91 bits per heavy atom. The summed E-state index contributed by atoms with van der Waals surface area (Å²) in [6.45, 7) is 4.55. The lowest BCUT2D eigenvalue weighted by molar-refractivity contribution is 0.182. The molecule has 0 aliphatic carbocycles. The number of aromatic nitrogens is 2. The minimum Gasteiger partial charge on any atom is -0.494 e. The summed E-state index contributed by atoms with van der Waals surface area (Å²) in [4.78, 5) is 25.1. The summed E-state index contributed by atoms with van der Waals surface area (Å²) >= 11 is 1.29. The Bertz CT molecular complexity index is 1160. The normalized spacial score (nSPS) is 12.0. The van der Waals surface area contributed by atoms with Gasteiger partial charge < -0.3 is 18.7 Å². The molecule has 0 aliphatic rings. The summed E-state index contributed by atoms with van der Waals surface area (Å²) in [5.74, 6) is 1.66. The highest BCUT2D eigenvalue weighted by Crippen LogP contribution is 2.25. The van der Waals surface area contributed by atoms with Gasteiger partial charge in [0, 0.05) is 25.2 Å². The molecule has 0 spiro atoms. The van der Waals surface area contributed by atoms with Crippen molar-refractivity contribution in [2.45, 2.75) is 20.5 Å². The number of rotatable bonds is 8. The number of hydrogen-bond donors (Lipinski definition) is 0. The molecule has 1 amide bonds. The number of carbonyl (C=O) groups is 1. The minimum absolute atomic E-state index is 0.392. The second kappa shape index (κ2) is 12.1. The maximum Gasteiger partial charge on any atom is 0.434 e. The zero-order valence-electron chi connectivity index (χ0n) is 19.7. The Morgan fingerprint density at radius 1 is 1.15 bits per heavy atom. The molecule has 2 aromatic carbocycles. The quantitative estimate of drug-likeness (QED) is 0.317. The molecule has 1 heterocycles. The minimum atomic E-state index is -0.710. The van der Waals surface area contributed by atoms with Crippen LogP contribution in [0.1, 0.15) is 23.9 Å². The first kappa shape index (κ1) is 25.1. The molecule has 3 rings (SSSR count). The lowest BCUT2D eigenvalue weighted by Crippen LogP contribution is -2.15. The van der Waals surface area contributed by atoms with E-state index in [1.807, 2.05) is 55.6 Å². The molecule has 9 nitrogen and oxygen atoms in total. The smallest absolute Gasteiger partial charge is 0.434 e. The van der Waals surface area contributed by atoms with Crippen molar-refractivity contribution < 1.29 is 23.5 Å². The zero-order chi connectivity index (χ0) is 24.5. The fourth-order valence-corrected chi connectivity index (χ4v) is 3.61. The molecule has 0 bridgehead atoms. The molecule has 0 N–H and O–H groups in total. The molecule has 10 heteroatoms. The lowest BCUT2D eigenvalue weighted by Gasteiger charge is -2.13. The Balaban J connectivity index is 2.11. The van der Waals surface area contributed by atoms with E-state index >= 15 is 0 Å². The number of aliphatic imine (C=N–C) groups is 2. The molecule has 0 radical (unpaired) electrons. The van der Waals surface area contributed by atoms with Crippen molar-refractivity contribution in [1.29, 1.82) is 0 Å². The predicted molar refractivity (Wildman–Crippen MR) is 132 cm³/mol. The highest BCUT2D eigenvalue weighted by Gasteiger charge is 2.17. The van der Waals surface area contributed by atoms with Gasteiger partial charge in [-0.2, -0.15) is 9.98 Å². The van der Waals surface area contributed by atoms with Gasteiger partial charge in [-0.3, -0.25) is 0 Å². The maximum absolute atomic E-state index is 12.0. The fourth-order valence-electron chi connectivity index (χ4n) is 3.09. The highest BCUT2D eigenvalue weighted by atomic mass is 32.2. The van der Waals surface area contributed by atoms with Crippen molar-refractivity contribution in [3.05, 3.63) is 59.5 Å². The van der Waals surface area contributed by atoms with Crippen LogP contribution in [0.2, 0.25) is 0 Å². The molecule has 0 unspecified atom stereocenters. The second-order valence-corrected chi connectivity index (χ2v) is 7.76. The molecular weight excluding hydrogens is 456 g/mol. The first-order chi connectivity index (χ1) is 16.5. The number of thioether (sulfide) groups is 1. The van der Waals surface area contributed by atoms with Crippen LogP contribution in [0.4, 0.5) is 10.5 Å². The fraction of sp³-hybridized carbons (Fsp3) is 0.292. The molecule has 0 atom stereocenters. The monoisotopic (exact) mass is 482 g/mol. The van der Waals surface area contributed by atoms with Gasteiger partial charge in [-0.1, -0.05) is 5.16 Å². The third-order valence-electron chi connectivity index (χ3n) is 4.52. The molecule has 3 aromatic rings. The van der Waals surface area contributed by atoms with E-state index in [0.29, 0.717) is 47.1 Å². The van der Waals surface area contributed by atoms with E-state index < -0.39 is 6.09 Å². The maximum atomic E-state index is 12.0. The standard InChI is InChI=1S/C24H26N4O5S/c1-6-32-20-12-16(14-30-3)11-18(13-20)21(23(34-5)27-24(29)31-4)26-19-9-7-17(8-10-19)22-25-15(2)33-28-22/h7-13H,6,14H2,1-5H3/b26-21?,27-23-. The summed E-state index contributed by atoms with van der Waals surface area (Å²) in [5, 5.41) is 4.34. The van der Waals surface area contributed by atoms with Crippen molar-refractivity contribution in [1.82, 2.24) is 10.1 Å². The van der Waals surface area contributed by atoms with Gasteiger partial charge in [-0.25, -0.2) is 9.79 Å². The van der Waals surface area contributed by atoms with Crippen molar-refractivity contribution in [2.24, 2.45) is 9.98 Å². The van der Waals surface area contributed by atoms with E-state index in [1.165, 1.54) is 18.9 Å². The molecule has 0 saturated heterocycles. The van der Waals surface area contributed by atoms with E-state index in [0.717, 1.165) is 16.7 Å². The summed E-state index contributed by atoms with van der Waals surface area (Å²) in [5.41, 5.74) is 3.58. The van der Waals surface area contributed by atoms with E-state index in [4.69, 9.17) is 23.7 Å². The molecular formula is C24H26N4O5S. The number of methoxy groups -OCH3 is 2. The summed E-state index contributed by atoms with van der Waals surface area (Å²) in [7, 11) is 2.91. The van der Waals surface area contributed by atoms with Crippen LogP contribution in [0, 0.1) is 6.92 Å². The van der Waals surface area contributed by atoms with Crippen LogP contribution in [0.5, 0.6) is 5.75 Å². The third-order valence-corrected chi connectivity index (χ3v) is 5.19. The van der Waals surface area contributed by atoms with Gasteiger partial charge in [0.2, 0.25) is 11.7 Å². The Kier molecular flexibility index (Phi) is 8.94. The molecule has 178 valence electrons. The van der Waals surface area contributed by atoms with E-state index in [2.05, 4.69) is 15.1 Å². The van der Waals surface area contributed by atoms with Crippen molar-refractivity contribution in [2.75, 3.05) is 27.1 Å². The van der Waals surface area contributed by atoms with E-state index in [9.17, 15) is 4.79 Å². The van der Waals surface area contributed by atoms with Gasteiger partial charge in [0.25, 0.3) is 0 Å². The average Bonchev–Trinajstić information content (AvgIpc) is 3.28. The SMILES string of the molecule is CCOc1cc(COC)cc(C(=Nc2ccc(-c3noc(C)n3)cc2)/C(=N/C(=O)OC)SC)c1. The van der Waals surface area contributed by atoms with E-state index in [1.54, 1.807) is 14.0 Å². The molecule has 34 heavy (non-hydrogen) atoms. The van der Waals surface area contributed by atoms with Gasteiger partial charge in [0.1, 0.15) is 16.5 Å². The molecule has 1 aromatic heterocycles. The number of benzene rings is 2. The Hall–Kier alpha value is -3.50. The predicted octanol–water partition coefficient (Wildman–Crippen LogP) is 5.24. The first-order valence-electron chi connectivity index (χ1n) is 10.4. The first-order valence-corrected chi connectivity index (χ1v) is 11.7. The van der Waals surface area contributed by atoms with Crippen molar-refractivity contribution in [3.63, 3.8) is 0 Å². The molecule has 0 aliphatic heterocycles. The third kappa shape index (κ3) is 6.52. The largest absolute Gasteiger partial charge is 0.494 e. The Morgan fingerprint density at radius 3 is 2.50 bits per heavy atom. The summed E-state index contributed by atoms with van der Waals surface area (Å²) in [6.07, 6.45) is 1.11. The lowest BCUT2D eigenvalue weighted by atomic mass is 10.1. The summed E-state index contributed by atoms with van der Waals surface area (Å²) < 4.78 is 20.9. The van der Waals surface area contributed by atoms with Crippen LogP contribution in [0.25, 0.3) is 11.4 Å². The number of hydrogen-bond acceptors (Lipinski definition) is 9. The number of aryl methyl sites for hydroxylation is 1. The second-order valence-electron chi connectivity index (χ2n) is 6.97. The van der Waals surface area contributed by atoms with Crippen LogP contribution in [-0.4, -0.2) is 54.1 Å². The number of nitrogens with zero attached hydrogens (tertiary/aromatic N) is 4. The van der Waals surface area contributed by atoms with Crippen LogP contribution in [-0.2, 0) is 16.1 Å². The average molecular weight is 483 g/mol. The van der Waals surface area contributed by atoms with Crippen LogP contribution in [0.3, 0.4) is 0 Å². The number of amides is 1. The van der Waals surface area contributed by atoms with Gasteiger partial charge in [-0.15, -0.1) is 11.8 Å². The highest BCUT2D eigenvalue weighted by molar-refractivity contribution is 8.15. The van der Waals surface area contributed by atoms with Crippen molar-refractivity contribution in [3.8, 4) is 17.1 Å². The topological polar surface area (TPSA) is 108 Å². The van der Waals surface area contributed by atoms with Gasteiger partial charge in [-0.05, 0) is 61.2 Å². The number of carbonyl (C=O) groups excluding carboxylic acids is 1. The van der Waals surface area contributed by atoms with Crippen LogP contribution >= 0.6 is 11.8 Å². The van der Waals surface area contributed by atoms with Gasteiger partial charge >= 0.3 is 6.09 Å². The zero-order valence-corrected chi connectivity index (χ0v) is 20.5.